The number of imidazole rings is 1. The number of carboxylic acid groups (broad SMARTS) is 1. The Morgan fingerprint density at radius 2 is 1.81 bits per heavy atom. The van der Waals surface area contributed by atoms with Crippen LogP contribution in [0.4, 0.5) is 10.1 Å². The van der Waals surface area contributed by atoms with Gasteiger partial charge in [0.05, 0.1) is 28.2 Å². The summed E-state index contributed by atoms with van der Waals surface area (Å²) in [5, 5.41) is 9.90. The van der Waals surface area contributed by atoms with Gasteiger partial charge in [0.1, 0.15) is 30.5 Å². The number of rotatable bonds is 11. The minimum absolute atomic E-state index is 0.0225. The monoisotopic (exact) mass is 545 g/mol. The van der Waals surface area contributed by atoms with Crippen LogP contribution in [0.1, 0.15) is 19.2 Å². The fourth-order valence-electron chi connectivity index (χ4n) is 3.95. The molecule has 0 saturated carbocycles. The Balaban J connectivity index is 1.72. The number of fused-ring (bicyclic) bond motifs is 1. The molecular formula is C26H25ClFN3O5S. The maximum atomic E-state index is 13.6. The van der Waals surface area contributed by atoms with Gasteiger partial charge in [0.2, 0.25) is 0 Å². The molecule has 4 rings (SSSR count). The number of nitrogens with zero attached hydrogens (tertiary/aromatic N) is 3. The number of hydrogen-bond donors (Lipinski definition) is 1. The first-order valence-corrected chi connectivity index (χ1v) is 13.4. The predicted molar refractivity (Wildman–Crippen MR) is 139 cm³/mol. The molecule has 11 heteroatoms. The molecule has 37 heavy (non-hydrogen) atoms. The fourth-order valence-corrected chi connectivity index (χ4v) is 5.51. The van der Waals surface area contributed by atoms with Crippen molar-refractivity contribution in [1.82, 2.24) is 9.55 Å². The summed E-state index contributed by atoms with van der Waals surface area (Å²) in [4.78, 5) is 15.9. The molecule has 1 aromatic heterocycles. The molecule has 0 unspecified atom stereocenters. The van der Waals surface area contributed by atoms with Crippen LogP contribution >= 0.6 is 11.6 Å². The van der Waals surface area contributed by atoms with Crippen molar-refractivity contribution in [2.45, 2.75) is 31.2 Å². The highest BCUT2D eigenvalue weighted by Gasteiger charge is 2.26. The van der Waals surface area contributed by atoms with Crippen LogP contribution in [0.5, 0.6) is 5.75 Å². The largest absolute Gasteiger partial charge is 0.492 e. The molecule has 0 amide bonds. The standard InChI is InChI=1S/C26H25ClFN3O5S/c1-2-3-25-29-23-16-20(8-13-24(23)30(25)17-26(32)33)31(14-15-36-21-9-4-18(27)5-10-21)37(34,35)22-11-6-19(28)7-12-22/h4-13,16H,2-3,14-15,17H2,1H3,(H,32,33). The van der Waals surface area contributed by atoms with Crippen molar-refractivity contribution in [2.75, 3.05) is 17.5 Å². The predicted octanol–water partition coefficient (Wildman–Crippen LogP) is 5.14. The molecule has 1 N–H and O–H groups in total. The zero-order valence-electron chi connectivity index (χ0n) is 20.0. The summed E-state index contributed by atoms with van der Waals surface area (Å²) in [6.07, 6.45) is 1.34. The van der Waals surface area contributed by atoms with Crippen LogP contribution in [0, 0.1) is 5.82 Å². The van der Waals surface area contributed by atoms with Gasteiger partial charge in [0, 0.05) is 11.4 Å². The lowest BCUT2D eigenvalue weighted by molar-refractivity contribution is -0.137. The van der Waals surface area contributed by atoms with E-state index in [9.17, 15) is 22.7 Å². The number of sulfonamides is 1. The first kappa shape index (κ1) is 26.4. The lowest BCUT2D eigenvalue weighted by atomic mass is 10.2. The minimum Gasteiger partial charge on any atom is -0.492 e. The van der Waals surface area contributed by atoms with E-state index in [1.165, 1.54) is 16.4 Å². The second-order valence-electron chi connectivity index (χ2n) is 8.26. The van der Waals surface area contributed by atoms with Crippen molar-refractivity contribution in [3.8, 4) is 5.75 Å². The van der Waals surface area contributed by atoms with Crippen molar-refractivity contribution >= 4 is 44.3 Å². The number of aryl methyl sites for hydroxylation is 1. The Morgan fingerprint density at radius 3 is 2.46 bits per heavy atom. The lowest BCUT2D eigenvalue weighted by Crippen LogP contribution is -2.34. The first-order valence-electron chi connectivity index (χ1n) is 11.6. The van der Waals surface area contributed by atoms with Gasteiger partial charge in [-0.3, -0.25) is 9.10 Å². The number of ether oxygens (including phenoxy) is 1. The molecule has 0 bridgehead atoms. The Labute approximate surface area is 218 Å². The van der Waals surface area contributed by atoms with Gasteiger partial charge in [0.15, 0.2) is 0 Å². The quantitative estimate of drug-likeness (QED) is 0.280. The van der Waals surface area contributed by atoms with E-state index in [-0.39, 0.29) is 24.6 Å². The maximum Gasteiger partial charge on any atom is 0.323 e. The first-order chi connectivity index (χ1) is 17.7. The van der Waals surface area contributed by atoms with Crippen LogP contribution in [0.15, 0.2) is 71.6 Å². The van der Waals surface area contributed by atoms with Gasteiger partial charge in [-0.25, -0.2) is 17.8 Å². The molecule has 194 valence electrons. The molecule has 0 aliphatic rings. The lowest BCUT2D eigenvalue weighted by Gasteiger charge is -2.25. The highest BCUT2D eigenvalue weighted by Crippen LogP contribution is 2.28. The molecule has 1 heterocycles. The van der Waals surface area contributed by atoms with Crippen LogP contribution in [0.25, 0.3) is 11.0 Å². The molecule has 0 aliphatic heterocycles. The average molecular weight is 546 g/mol. The summed E-state index contributed by atoms with van der Waals surface area (Å²) in [6, 6.07) is 16.1. The van der Waals surface area contributed by atoms with Crippen molar-refractivity contribution in [1.29, 1.82) is 0 Å². The van der Waals surface area contributed by atoms with E-state index in [4.69, 9.17) is 16.3 Å². The van der Waals surface area contributed by atoms with E-state index >= 15 is 0 Å². The Morgan fingerprint density at radius 1 is 1.11 bits per heavy atom. The number of anilines is 1. The van der Waals surface area contributed by atoms with Crippen molar-refractivity contribution < 1.29 is 27.4 Å². The van der Waals surface area contributed by atoms with Crippen LogP contribution in [-0.2, 0) is 27.8 Å². The van der Waals surface area contributed by atoms with Gasteiger partial charge in [0.25, 0.3) is 10.0 Å². The highest BCUT2D eigenvalue weighted by atomic mass is 35.5. The van der Waals surface area contributed by atoms with Gasteiger partial charge in [-0.2, -0.15) is 0 Å². The SMILES string of the molecule is CCCc1nc2cc(N(CCOc3ccc(Cl)cc3)S(=O)(=O)c3ccc(F)cc3)ccc2n1CC(=O)O. The average Bonchev–Trinajstić information content (AvgIpc) is 3.19. The molecule has 4 aromatic rings. The molecule has 0 aliphatic carbocycles. The zero-order valence-corrected chi connectivity index (χ0v) is 21.5. The number of carbonyl (C=O) groups is 1. The van der Waals surface area contributed by atoms with Gasteiger partial charge < -0.3 is 14.4 Å². The van der Waals surface area contributed by atoms with Crippen LogP contribution in [0.2, 0.25) is 5.02 Å². The Kier molecular flexibility index (Phi) is 7.99. The van der Waals surface area contributed by atoms with Crippen molar-refractivity contribution in [3.63, 3.8) is 0 Å². The molecule has 0 spiro atoms. The van der Waals surface area contributed by atoms with Gasteiger partial charge >= 0.3 is 5.97 Å². The van der Waals surface area contributed by atoms with Gasteiger partial charge in [-0.1, -0.05) is 18.5 Å². The molecule has 0 fully saturated rings. The highest BCUT2D eigenvalue weighted by molar-refractivity contribution is 7.92. The van der Waals surface area contributed by atoms with E-state index in [0.717, 1.165) is 18.6 Å². The third-order valence-electron chi connectivity index (χ3n) is 5.64. The Hall–Kier alpha value is -3.63. The van der Waals surface area contributed by atoms with E-state index in [0.29, 0.717) is 39.7 Å². The molecule has 0 saturated heterocycles. The van der Waals surface area contributed by atoms with Crippen LogP contribution in [-0.4, -0.2) is 42.2 Å². The topological polar surface area (TPSA) is 102 Å². The number of carboxylic acids is 1. The summed E-state index contributed by atoms with van der Waals surface area (Å²) >= 11 is 5.91. The summed E-state index contributed by atoms with van der Waals surface area (Å²) < 4.78 is 49.3. The van der Waals surface area contributed by atoms with Crippen LogP contribution < -0.4 is 9.04 Å². The molecular weight excluding hydrogens is 521 g/mol. The number of benzene rings is 3. The number of aromatic nitrogens is 2. The smallest absolute Gasteiger partial charge is 0.323 e. The van der Waals surface area contributed by atoms with E-state index in [2.05, 4.69) is 4.98 Å². The second-order valence-corrected chi connectivity index (χ2v) is 10.6. The fraction of sp³-hybridized carbons (Fsp3) is 0.231. The van der Waals surface area contributed by atoms with Crippen molar-refractivity contribution in [3.05, 3.63) is 83.4 Å². The third-order valence-corrected chi connectivity index (χ3v) is 7.74. The second kappa shape index (κ2) is 11.2. The summed E-state index contributed by atoms with van der Waals surface area (Å²) in [5.74, 6) is -0.419. The molecule has 8 nitrogen and oxygen atoms in total. The van der Waals surface area contributed by atoms with Crippen LogP contribution in [0.3, 0.4) is 0 Å². The number of halogens is 2. The normalized spacial score (nSPS) is 11.5. The summed E-state index contributed by atoms with van der Waals surface area (Å²) in [6.45, 7) is 1.69. The van der Waals surface area contributed by atoms with E-state index < -0.39 is 21.8 Å². The molecule has 3 aromatic carbocycles. The van der Waals surface area contributed by atoms with Gasteiger partial charge in [-0.05, 0) is 73.2 Å². The number of aliphatic carboxylic acids is 1. The van der Waals surface area contributed by atoms with Gasteiger partial charge in [-0.15, -0.1) is 0 Å². The maximum absolute atomic E-state index is 13.6. The zero-order chi connectivity index (χ0) is 26.6. The molecule has 0 atom stereocenters. The molecule has 0 radical (unpaired) electrons. The summed E-state index contributed by atoms with van der Waals surface area (Å²) in [5.41, 5.74) is 1.38. The Bertz CT molecular complexity index is 1510. The van der Waals surface area contributed by atoms with E-state index in [1.54, 1.807) is 47.0 Å². The summed E-state index contributed by atoms with van der Waals surface area (Å²) in [7, 11) is -4.10. The third kappa shape index (κ3) is 6.03. The van der Waals surface area contributed by atoms with Crippen molar-refractivity contribution in [2.24, 2.45) is 0 Å². The number of hydrogen-bond acceptors (Lipinski definition) is 5. The minimum atomic E-state index is -4.10. The van der Waals surface area contributed by atoms with E-state index in [1.807, 2.05) is 6.92 Å².